The van der Waals surface area contributed by atoms with E-state index in [1.54, 1.807) is 9.79 Å². The quantitative estimate of drug-likeness (QED) is 0.0358. The van der Waals surface area contributed by atoms with Crippen LogP contribution >= 0.6 is 0 Å². The van der Waals surface area contributed by atoms with Crippen molar-refractivity contribution >= 4 is 11.4 Å². The third kappa shape index (κ3) is 58.8. The zero-order valence-electron chi connectivity index (χ0n) is 71.4. The number of rotatable bonds is 80. The second-order valence-corrected chi connectivity index (χ2v) is 35.5. The molecule has 0 N–H and O–H groups in total. The van der Waals surface area contributed by atoms with E-state index >= 15 is 0 Å². The van der Waals surface area contributed by atoms with Crippen LogP contribution in [0.1, 0.15) is 533 Å². The Morgan fingerprint density at radius 3 is 0.740 bits per heavy atom. The van der Waals surface area contributed by atoms with Crippen molar-refractivity contribution in [3.05, 3.63) is 99.6 Å². The van der Waals surface area contributed by atoms with Crippen LogP contribution in [0.25, 0.3) is 16.9 Å². The van der Waals surface area contributed by atoms with Crippen molar-refractivity contribution in [2.24, 2.45) is 0 Å². The van der Waals surface area contributed by atoms with Gasteiger partial charge in [-0.25, -0.2) is 4.70 Å². The average Bonchev–Trinajstić information content (AvgIpc) is 1.61. The maximum atomic E-state index is 11.9. The van der Waals surface area contributed by atoms with Crippen LogP contribution in [0.4, 0.5) is 0 Å². The van der Waals surface area contributed by atoms with Gasteiger partial charge in [-0.3, -0.25) is 0 Å². The van der Waals surface area contributed by atoms with Crippen LogP contribution in [0.5, 0.6) is 0 Å². The number of nitrogens with zero attached hydrogens (tertiary/aromatic N) is 2. The van der Waals surface area contributed by atoms with Crippen molar-refractivity contribution in [2.45, 2.75) is 533 Å². The third-order valence-electron chi connectivity index (χ3n) is 23.1. The zero-order valence-corrected chi connectivity index (χ0v) is 73.0. The molecular formula is C101H182N2Pd. The molecule has 3 heteroatoms. The molecule has 2 nitrogen and oxygen atoms in total. The molecule has 0 bridgehead atoms. The summed E-state index contributed by atoms with van der Waals surface area (Å²) in [6.45, 7) is 13.7. The van der Waals surface area contributed by atoms with Gasteiger partial charge in [0.25, 0.3) is 0 Å². The van der Waals surface area contributed by atoms with Crippen LogP contribution < -0.4 is 0 Å². The van der Waals surface area contributed by atoms with Gasteiger partial charge in [0, 0.05) is 16.7 Å². The molecule has 0 unspecified atom stereocenters. The van der Waals surface area contributed by atoms with Crippen molar-refractivity contribution in [3.63, 3.8) is 0 Å². The Labute approximate surface area is 662 Å². The Bertz CT molecular complexity index is 2120. The Balaban J connectivity index is 0.000000718. The fourth-order valence-corrected chi connectivity index (χ4v) is 17.9. The molecule has 0 radical (unpaired) electrons. The first-order valence-electron chi connectivity index (χ1n) is 47.8. The molecule has 2 aromatic rings. The van der Waals surface area contributed by atoms with Crippen LogP contribution in [0, 0.1) is 0 Å². The normalized spacial score (nSPS) is 12.6. The number of aryl methyl sites for hydroxylation is 2. The van der Waals surface area contributed by atoms with Gasteiger partial charge in [-0.15, -0.1) is 0 Å². The molecule has 0 amide bonds. The van der Waals surface area contributed by atoms with E-state index < -0.39 is 0 Å². The summed E-state index contributed by atoms with van der Waals surface area (Å²) in [5.41, 5.74) is 21.3. The van der Waals surface area contributed by atoms with Crippen molar-refractivity contribution in [2.75, 3.05) is 0 Å². The van der Waals surface area contributed by atoms with Crippen molar-refractivity contribution < 1.29 is 22.7 Å². The first-order chi connectivity index (χ1) is 51.6. The van der Waals surface area contributed by atoms with E-state index in [-0.39, 0.29) is 0 Å². The Morgan fingerprint density at radius 2 is 0.462 bits per heavy atom. The number of allylic oxidation sites excluding steroid dienone is 4. The summed E-state index contributed by atoms with van der Waals surface area (Å²) < 4.78 is 1.52. The van der Waals surface area contributed by atoms with Gasteiger partial charge in [0.05, 0.1) is 5.57 Å². The molecule has 1 aliphatic heterocycles. The minimum atomic E-state index is 0.936. The first kappa shape index (κ1) is 98.0. The van der Waals surface area contributed by atoms with Crippen LogP contribution in [-0.4, -0.2) is 4.70 Å². The molecule has 0 aromatic heterocycles. The van der Waals surface area contributed by atoms with E-state index in [2.05, 4.69) is 102 Å². The Morgan fingerprint density at radius 1 is 0.240 bits per heavy atom. The first-order valence-corrected chi connectivity index (χ1v) is 50.0. The summed E-state index contributed by atoms with van der Waals surface area (Å²) in [5, 5.41) is 0. The van der Waals surface area contributed by atoms with Crippen molar-refractivity contribution in [1.82, 2.24) is 0 Å². The molecule has 0 atom stereocenters. The number of hydrogen-bond acceptors (Lipinski definition) is 0. The van der Waals surface area contributed by atoms with E-state index in [0.29, 0.717) is 0 Å². The van der Waals surface area contributed by atoms with E-state index in [4.69, 9.17) is 0 Å². The standard InChI is InChI=1S/C45H68N2.2C28H57.Pd/c1-5-9-13-14-15-16-17-18-19-20-21-22-23-25-29-43-42(28-12-8-4)44(40-36-32-39(33-37-40)27-24-10-6-2)47(46)45(43)41-34-30-38(31-35-41)26-11-7-3;2*1-3-5-7-9-11-13-15-17-19-21-23-25-27-28-26-24-22-20-18-16-14-12-10-8-6-4-2;/h25,29-37H,5-24,26-28H2,1-4H3;2*1,3-28H2,2H3;. The number of unbranched alkanes of at least 4 members (excludes halogenated alkanes) is 66. The molecule has 0 aliphatic carbocycles. The molecule has 0 saturated carbocycles. The number of benzene rings is 2. The van der Waals surface area contributed by atoms with E-state index in [1.807, 2.05) is 0 Å². The van der Waals surface area contributed by atoms with Gasteiger partial charge >= 0.3 is 169 Å². The summed E-state index contributed by atoms with van der Waals surface area (Å²) in [6.07, 6.45) is 112. The topological polar surface area (TPSA) is 25.3 Å². The van der Waals surface area contributed by atoms with Crippen LogP contribution in [0.2, 0.25) is 9.79 Å². The van der Waals surface area contributed by atoms with Crippen LogP contribution in [0.3, 0.4) is 0 Å². The Kier molecular flexibility index (Phi) is 74.5. The summed E-state index contributed by atoms with van der Waals surface area (Å²) in [5.74, 6) is 0. The summed E-state index contributed by atoms with van der Waals surface area (Å²) in [6, 6.07) is 18.0. The summed E-state index contributed by atoms with van der Waals surface area (Å²) in [4.78, 5) is 3.10. The summed E-state index contributed by atoms with van der Waals surface area (Å²) in [7, 11) is 0. The fraction of sp³-hybridized carbons (Fsp3) is 0.822. The van der Waals surface area contributed by atoms with Crippen molar-refractivity contribution in [3.8, 4) is 0 Å². The minimum absolute atomic E-state index is 0.936. The summed E-state index contributed by atoms with van der Waals surface area (Å²) >= 11 is 1.05. The van der Waals surface area contributed by atoms with Gasteiger partial charge in [0.1, 0.15) is 0 Å². The molecule has 104 heavy (non-hydrogen) atoms. The predicted molar refractivity (Wildman–Crippen MR) is 468 cm³/mol. The molecule has 0 fully saturated rings. The molecule has 1 heterocycles. The van der Waals surface area contributed by atoms with Gasteiger partial charge in [-0.2, -0.15) is 0 Å². The van der Waals surface area contributed by atoms with Crippen LogP contribution in [-0.2, 0) is 30.8 Å². The van der Waals surface area contributed by atoms with E-state index in [1.165, 1.54) is 470 Å². The molecular weight excluding hydrogens is 1350 g/mol. The number of hydrogen-bond donors (Lipinski definition) is 0. The third-order valence-corrected chi connectivity index (χ3v) is 25.3. The molecule has 2 aromatic carbocycles. The minimum Gasteiger partial charge on any atom is -0.0654 e. The van der Waals surface area contributed by atoms with Gasteiger partial charge in [0.2, 0.25) is 11.4 Å². The van der Waals surface area contributed by atoms with Gasteiger partial charge in [-0.05, 0) is 86.8 Å². The van der Waals surface area contributed by atoms with Gasteiger partial charge < -0.3 is 5.53 Å². The van der Waals surface area contributed by atoms with E-state index in [0.717, 1.165) is 79.0 Å². The van der Waals surface area contributed by atoms with Gasteiger partial charge in [0.15, 0.2) is 0 Å². The van der Waals surface area contributed by atoms with Gasteiger partial charge in [-0.1, -0.05) is 367 Å². The second kappa shape index (κ2) is 79.0. The zero-order chi connectivity index (χ0) is 74.4. The maximum absolute atomic E-state index is 11.9. The molecule has 3 rings (SSSR count). The monoisotopic (exact) mass is 1530 g/mol. The van der Waals surface area contributed by atoms with E-state index in [9.17, 15) is 5.53 Å². The molecule has 0 saturated heterocycles. The average molecular weight is 1530 g/mol. The molecule has 1 aliphatic rings. The van der Waals surface area contributed by atoms with Crippen molar-refractivity contribution in [1.29, 1.82) is 0 Å². The Hall–Kier alpha value is -2.08. The smallest absolute Gasteiger partial charge is 0.0654 e. The molecule has 606 valence electrons. The molecule has 0 spiro atoms. The second-order valence-electron chi connectivity index (χ2n) is 33.2. The SMILES string of the molecule is CCCCCCCCCCCCCCC=CC1=C(c2ccc(CCCC)cc2)[N+](=[N-])C(c2ccc(CCCCC)cc2)=C1CCCC.CCCCCCCCCCCCCCCCCCCCCCCCCCC[CH2][Pd][CH2]CCCCCCCCCCCCCCCCCCCCCCCCCCC. The predicted octanol–water partition coefficient (Wildman–Crippen LogP) is 37.0. The fourth-order valence-electron chi connectivity index (χ4n) is 15.9. The van der Waals surface area contributed by atoms with Crippen LogP contribution in [0.15, 0.2) is 71.8 Å².